The Morgan fingerprint density at radius 3 is 2.70 bits per heavy atom. The molecule has 1 heterocycles. The smallest absolute Gasteiger partial charge is 0.161 e. The van der Waals surface area contributed by atoms with Crippen LogP contribution in [0.15, 0.2) is 36.4 Å². The van der Waals surface area contributed by atoms with Crippen LogP contribution in [0.1, 0.15) is 24.5 Å². The zero-order valence-corrected chi connectivity index (χ0v) is 18.2. The fourth-order valence-electron chi connectivity index (χ4n) is 3.33. The van der Waals surface area contributed by atoms with E-state index in [4.69, 9.17) is 25.8 Å². The highest BCUT2D eigenvalue weighted by Crippen LogP contribution is 2.30. The van der Waals surface area contributed by atoms with Crippen LogP contribution < -0.4 is 14.8 Å². The van der Waals surface area contributed by atoms with E-state index in [2.05, 4.69) is 10.2 Å². The summed E-state index contributed by atoms with van der Waals surface area (Å²) in [5.74, 6) is 0.984. The predicted molar refractivity (Wildman–Crippen MR) is 117 cm³/mol. The van der Waals surface area contributed by atoms with Gasteiger partial charge in [0.2, 0.25) is 0 Å². The Morgan fingerprint density at radius 1 is 1.10 bits per heavy atom. The van der Waals surface area contributed by atoms with Crippen molar-refractivity contribution < 1.29 is 18.6 Å². The van der Waals surface area contributed by atoms with Crippen LogP contribution >= 0.6 is 11.6 Å². The van der Waals surface area contributed by atoms with E-state index in [-0.39, 0.29) is 12.4 Å². The van der Waals surface area contributed by atoms with Crippen molar-refractivity contribution in [3.63, 3.8) is 0 Å². The normalized spacial score (nSPS) is 14.6. The van der Waals surface area contributed by atoms with E-state index >= 15 is 0 Å². The third-order valence-electron chi connectivity index (χ3n) is 4.97. The maximum absolute atomic E-state index is 13.2. The molecule has 1 aliphatic rings. The molecule has 1 fully saturated rings. The average Bonchev–Trinajstić information content (AvgIpc) is 2.75. The molecule has 1 N–H and O–H groups in total. The van der Waals surface area contributed by atoms with Gasteiger partial charge in [-0.2, -0.15) is 0 Å². The molecule has 0 bridgehead atoms. The Kier molecular flexibility index (Phi) is 9.21. The summed E-state index contributed by atoms with van der Waals surface area (Å²) in [6.07, 6.45) is 1.11. The molecule has 0 aromatic heterocycles. The lowest BCUT2D eigenvalue weighted by Gasteiger charge is -2.26. The van der Waals surface area contributed by atoms with Crippen molar-refractivity contribution in [3.05, 3.63) is 58.4 Å². The van der Waals surface area contributed by atoms with Gasteiger partial charge in [-0.15, -0.1) is 0 Å². The molecular formula is C23H30ClFN2O3. The van der Waals surface area contributed by atoms with E-state index in [0.717, 1.165) is 63.5 Å². The standard InChI is InChI=1S/C23H30ClFN2O3/c1-2-29-23-14-18(16-26-8-3-9-27-10-12-28-13-11-27)4-7-22(23)30-17-19-5-6-20(25)15-21(19)24/h4-7,14-15,26H,2-3,8-13,16-17H2,1H3. The largest absolute Gasteiger partial charge is 0.490 e. The third-order valence-corrected chi connectivity index (χ3v) is 5.32. The number of nitrogens with zero attached hydrogens (tertiary/aromatic N) is 1. The lowest BCUT2D eigenvalue weighted by molar-refractivity contribution is 0.0374. The number of halogens is 2. The molecule has 0 amide bonds. The van der Waals surface area contributed by atoms with Gasteiger partial charge in [0.25, 0.3) is 0 Å². The lowest BCUT2D eigenvalue weighted by atomic mass is 10.2. The number of hydrogen-bond acceptors (Lipinski definition) is 5. The van der Waals surface area contributed by atoms with Gasteiger partial charge in [0.15, 0.2) is 11.5 Å². The number of benzene rings is 2. The van der Waals surface area contributed by atoms with Crippen LogP contribution in [0, 0.1) is 5.82 Å². The second kappa shape index (κ2) is 12.1. The maximum Gasteiger partial charge on any atom is 0.161 e. The van der Waals surface area contributed by atoms with E-state index in [9.17, 15) is 4.39 Å². The molecule has 0 saturated carbocycles. The number of morpholine rings is 1. The summed E-state index contributed by atoms with van der Waals surface area (Å²) >= 11 is 6.09. The van der Waals surface area contributed by atoms with Gasteiger partial charge in [0.1, 0.15) is 12.4 Å². The Morgan fingerprint density at radius 2 is 1.93 bits per heavy atom. The molecule has 0 radical (unpaired) electrons. The number of hydrogen-bond donors (Lipinski definition) is 1. The molecule has 0 atom stereocenters. The van der Waals surface area contributed by atoms with Gasteiger partial charge >= 0.3 is 0 Å². The van der Waals surface area contributed by atoms with E-state index in [1.165, 1.54) is 12.1 Å². The predicted octanol–water partition coefficient (Wildman–Crippen LogP) is 4.27. The van der Waals surface area contributed by atoms with Gasteiger partial charge in [0.05, 0.1) is 24.8 Å². The summed E-state index contributed by atoms with van der Waals surface area (Å²) in [5, 5.41) is 3.85. The minimum atomic E-state index is -0.361. The SMILES string of the molecule is CCOc1cc(CNCCCN2CCOCC2)ccc1OCc1ccc(F)cc1Cl. The summed E-state index contributed by atoms with van der Waals surface area (Å²) in [6, 6.07) is 10.2. The van der Waals surface area contributed by atoms with Crippen LogP contribution in [-0.2, 0) is 17.9 Å². The number of ether oxygens (including phenoxy) is 3. The molecule has 3 rings (SSSR count). The van der Waals surface area contributed by atoms with Gasteiger partial charge in [-0.1, -0.05) is 23.7 Å². The first-order valence-electron chi connectivity index (χ1n) is 10.5. The first-order chi connectivity index (χ1) is 14.7. The molecule has 30 heavy (non-hydrogen) atoms. The van der Waals surface area contributed by atoms with E-state index in [1.807, 2.05) is 25.1 Å². The number of rotatable bonds is 11. The van der Waals surface area contributed by atoms with Crippen LogP contribution in [0.2, 0.25) is 5.02 Å². The molecule has 5 nitrogen and oxygen atoms in total. The molecule has 164 valence electrons. The van der Waals surface area contributed by atoms with Gasteiger partial charge < -0.3 is 19.5 Å². The number of nitrogens with one attached hydrogen (secondary N) is 1. The fraction of sp³-hybridized carbons (Fsp3) is 0.478. The highest BCUT2D eigenvalue weighted by Gasteiger charge is 2.10. The maximum atomic E-state index is 13.2. The Labute approximate surface area is 183 Å². The fourth-order valence-corrected chi connectivity index (χ4v) is 3.55. The minimum absolute atomic E-state index is 0.248. The average molecular weight is 437 g/mol. The Bertz CT molecular complexity index is 800. The van der Waals surface area contributed by atoms with Gasteiger partial charge in [-0.25, -0.2) is 4.39 Å². The topological polar surface area (TPSA) is 43.0 Å². The molecule has 2 aromatic rings. The quantitative estimate of drug-likeness (QED) is 0.533. The molecule has 1 aliphatic heterocycles. The molecule has 7 heteroatoms. The van der Waals surface area contributed by atoms with Crippen molar-refractivity contribution in [2.75, 3.05) is 46.0 Å². The minimum Gasteiger partial charge on any atom is -0.490 e. The molecule has 0 spiro atoms. The van der Waals surface area contributed by atoms with E-state index in [0.29, 0.717) is 23.1 Å². The van der Waals surface area contributed by atoms with Crippen LogP contribution in [0.3, 0.4) is 0 Å². The van der Waals surface area contributed by atoms with Crippen molar-refractivity contribution in [3.8, 4) is 11.5 Å². The summed E-state index contributed by atoms with van der Waals surface area (Å²) in [6.45, 7) is 9.31. The highest BCUT2D eigenvalue weighted by molar-refractivity contribution is 6.31. The highest BCUT2D eigenvalue weighted by atomic mass is 35.5. The lowest BCUT2D eigenvalue weighted by Crippen LogP contribution is -2.37. The summed E-state index contributed by atoms with van der Waals surface area (Å²) in [4.78, 5) is 2.44. The third kappa shape index (κ3) is 7.13. The molecule has 0 unspecified atom stereocenters. The van der Waals surface area contributed by atoms with Gasteiger partial charge in [0, 0.05) is 25.2 Å². The second-order valence-corrected chi connectivity index (χ2v) is 7.63. The molecule has 0 aliphatic carbocycles. The van der Waals surface area contributed by atoms with Gasteiger partial charge in [-0.3, -0.25) is 4.90 Å². The second-order valence-electron chi connectivity index (χ2n) is 7.22. The van der Waals surface area contributed by atoms with Crippen LogP contribution in [0.5, 0.6) is 11.5 Å². The Hall–Kier alpha value is -1.86. The van der Waals surface area contributed by atoms with Crippen LogP contribution in [-0.4, -0.2) is 50.9 Å². The van der Waals surface area contributed by atoms with Crippen molar-refractivity contribution in [2.24, 2.45) is 0 Å². The first-order valence-corrected chi connectivity index (χ1v) is 10.9. The van der Waals surface area contributed by atoms with Crippen LogP contribution in [0.25, 0.3) is 0 Å². The zero-order chi connectivity index (χ0) is 21.2. The van der Waals surface area contributed by atoms with E-state index in [1.54, 1.807) is 6.07 Å². The van der Waals surface area contributed by atoms with Crippen molar-refractivity contribution in [2.45, 2.75) is 26.5 Å². The summed E-state index contributed by atoms with van der Waals surface area (Å²) in [7, 11) is 0. The molecule has 1 saturated heterocycles. The molecular weight excluding hydrogens is 407 g/mol. The van der Waals surface area contributed by atoms with Crippen LogP contribution in [0.4, 0.5) is 4.39 Å². The first kappa shape index (κ1) is 22.8. The van der Waals surface area contributed by atoms with Gasteiger partial charge in [-0.05, 0) is 56.3 Å². The van der Waals surface area contributed by atoms with E-state index < -0.39 is 0 Å². The summed E-state index contributed by atoms with van der Waals surface area (Å²) in [5.41, 5.74) is 1.86. The van der Waals surface area contributed by atoms with Crippen molar-refractivity contribution in [1.82, 2.24) is 10.2 Å². The molecule has 2 aromatic carbocycles. The monoisotopic (exact) mass is 436 g/mol. The zero-order valence-electron chi connectivity index (χ0n) is 17.5. The summed E-state index contributed by atoms with van der Waals surface area (Å²) < 4.78 is 30.2. The van der Waals surface area contributed by atoms with Crippen molar-refractivity contribution in [1.29, 1.82) is 0 Å². The van der Waals surface area contributed by atoms with Crippen molar-refractivity contribution >= 4 is 11.6 Å². The Balaban J connectivity index is 1.48.